The third-order valence-electron chi connectivity index (χ3n) is 2.39. The third kappa shape index (κ3) is 6.40. The van der Waals surface area contributed by atoms with Crippen LogP contribution < -0.4 is 10.6 Å². The van der Waals surface area contributed by atoms with Gasteiger partial charge in [-0.1, -0.05) is 6.92 Å². The molecular weight excluding hydrogens is 206 g/mol. The quantitative estimate of drug-likeness (QED) is 0.644. The lowest BCUT2D eigenvalue weighted by atomic mass is 10.2. The maximum atomic E-state index is 11.6. The maximum Gasteiger partial charge on any atom is 0.239 e. The number of nitrogens with one attached hydrogen (secondary N) is 2. The molecule has 5 heteroatoms. The van der Waals surface area contributed by atoms with Crippen molar-refractivity contribution in [2.24, 2.45) is 0 Å². The van der Waals surface area contributed by atoms with Crippen molar-refractivity contribution in [3.63, 3.8) is 0 Å². The van der Waals surface area contributed by atoms with Crippen LogP contribution in [0.5, 0.6) is 0 Å². The fourth-order valence-electron chi connectivity index (χ4n) is 1.10. The molecule has 0 aromatic carbocycles. The largest absolute Gasteiger partial charge is 0.355 e. The molecule has 0 aliphatic carbocycles. The van der Waals surface area contributed by atoms with Gasteiger partial charge in [0.05, 0.1) is 13.1 Å². The Hall–Kier alpha value is -1.10. The van der Waals surface area contributed by atoms with Crippen molar-refractivity contribution in [2.45, 2.75) is 33.2 Å². The van der Waals surface area contributed by atoms with Crippen LogP contribution in [0.1, 0.15) is 27.2 Å². The Balaban J connectivity index is 3.85. The summed E-state index contributed by atoms with van der Waals surface area (Å²) >= 11 is 0. The highest BCUT2D eigenvalue weighted by Crippen LogP contribution is 1.89. The smallest absolute Gasteiger partial charge is 0.239 e. The summed E-state index contributed by atoms with van der Waals surface area (Å²) in [5.74, 6) is -0.187. The first-order valence-corrected chi connectivity index (χ1v) is 5.75. The molecule has 2 amide bonds. The van der Waals surface area contributed by atoms with Crippen molar-refractivity contribution in [2.75, 3.05) is 26.7 Å². The topological polar surface area (TPSA) is 61.4 Å². The van der Waals surface area contributed by atoms with Gasteiger partial charge in [-0.2, -0.15) is 0 Å². The second kappa shape index (κ2) is 8.10. The Morgan fingerprint density at radius 1 is 1.31 bits per heavy atom. The van der Waals surface area contributed by atoms with E-state index < -0.39 is 0 Å². The average Bonchev–Trinajstić information content (AvgIpc) is 2.25. The highest BCUT2D eigenvalue weighted by Gasteiger charge is 2.12. The standard InChI is InChI=1S/C11H23N3O2/c1-5-9(3)13-7-11(16)14(4)8-10(15)12-6-2/h9,13H,5-8H2,1-4H3,(H,12,15). The second-order valence-corrected chi connectivity index (χ2v) is 3.89. The molecule has 5 nitrogen and oxygen atoms in total. The van der Waals surface area contributed by atoms with Gasteiger partial charge in [0.1, 0.15) is 0 Å². The zero-order chi connectivity index (χ0) is 12.6. The molecule has 0 saturated carbocycles. The molecule has 0 rings (SSSR count). The molecule has 0 saturated heterocycles. The van der Waals surface area contributed by atoms with Crippen LogP contribution in [0.25, 0.3) is 0 Å². The molecule has 0 aliphatic rings. The van der Waals surface area contributed by atoms with Crippen LogP contribution in [0.3, 0.4) is 0 Å². The summed E-state index contributed by atoms with van der Waals surface area (Å²) in [4.78, 5) is 24.2. The molecule has 0 fully saturated rings. The molecule has 1 unspecified atom stereocenters. The lowest BCUT2D eigenvalue weighted by Gasteiger charge is -2.18. The summed E-state index contributed by atoms with van der Waals surface area (Å²) in [7, 11) is 1.63. The van der Waals surface area contributed by atoms with E-state index in [2.05, 4.69) is 17.6 Å². The van der Waals surface area contributed by atoms with Crippen LogP contribution in [-0.4, -0.2) is 49.4 Å². The van der Waals surface area contributed by atoms with E-state index in [9.17, 15) is 9.59 Å². The Labute approximate surface area is 97.6 Å². The van der Waals surface area contributed by atoms with E-state index in [-0.39, 0.29) is 24.9 Å². The van der Waals surface area contributed by atoms with Crippen LogP contribution in [0.15, 0.2) is 0 Å². The Morgan fingerprint density at radius 2 is 1.94 bits per heavy atom. The van der Waals surface area contributed by atoms with E-state index in [0.717, 1.165) is 6.42 Å². The number of rotatable bonds is 7. The van der Waals surface area contributed by atoms with Gasteiger partial charge >= 0.3 is 0 Å². The minimum Gasteiger partial charge on any atom is -0.355 e. The van der Waals surface area contributed by atoms with Gasteiger partial charge in [-0.3, -0.25) is 9.59 Å². The van der Waals surface area contributed by atoms with Crippen molar-refractivity contribution in [3.8, 4) is 0 Å². The highest BCUT2D eigenvalue weighted by atomic mass is 16.2. The number of hydrogen-bond acceptors (Lipinski definition) is 3. The minimum atomic E-state index is -0.123. The monoisotopic (exact) mass is 229 g/mol. The Kier molecular flexibility index (Phi) is 7.54. The fourth-order valence-corrected chi connectivity index (χ4v) is 1.10. The van der Waals surface area contributed by atoms with Crippen molar-refractivity contribution in [3.05, 3.63) is 0 Å². The molecule has 0 aliphatic heterocycles. The second-order valence-electron chi connectivity index (χ2n) is 3.89. The molecule has 2 N–H and O–H groups in total. The van der Waals surface area contributed by atoms with Crippen molar-refractivity contribution < 1.29 is 9.59 Å². The van der Waals surface area contributed by atoms with Crippen LogP contribution >= 0.6 is 0 Å². The van der Waals surface area contributed by atoms with Crippen molar-refractivity contribution in [1.82, 2.24) is 15.5 Å². The number of nitrogens with zero attached hydrogens (tertiary/aromatic N) is 1. The molecule has 0 aromatic rings. The summed E-state index contributed by atoms with van der Waals surface area (Å²) in [6, 6.07) is 0.321. The van der Waals surface area contributed by atoms with Crippen molar-refractivity contribution >= 4 is 11.8 Å². The lowest BCUT2D eigenvalue weighted by Crippen LogP contribution is -2.43. The van der Waals surface area contributed by atoms with E-state index in [1.54, 1.807) is 7.05 Å². The predicted molar refractivity (Wildman–Crippen MR) is 64.1 cm³/mol. The summed E-state index contributed by atoms with van der Waals surface area (Å²) in [5.41, 5.74) is 0. The summed E-state index contributed by atoms with van der Waals surface area (Å²) in [6.45, 7) is 6.92. The SMILES string of the molecule is CCNC(=O)CN(C)C(=O)CNC(C)CC. The molecular formula is C11H23N3O2. The van der Waals surface area contributed by atoms with Gasteiger partial charge in [0, 0.05) is 19.6 Å². The van der Waals surface area contributed by atoms with Gasteiger partial charge in [0.15, 0.2) is 0 Å². The molecule has 1 atom stereocenters. The van der Waals surface area contributed by atoms with E-state index in [4.69, 9.17) is 0 Å². The number of amides is 2. The van der Waals surface area contributed by atoms with Gasteiger partial charge in [0.25, 0.3) is 0 Å². The third-order valence-corrected chi connectivity index (χ3v) is 2.39. The van der Waals surface area contributed by atoms with E-state index in [1.165, 1.54) is 4.90 Å². The summed E-state index contributed by atoms with van der Waals surface area (Å²) in [6.07, 6.45) is 0.979. The minimum absolute atomic E-state index is 0.0634. The first-order chi connectivity index (χ1) is 7.51. The summed E-state index contributed by atoms with van der Waals surface area (Å²) in [5, 5.41) is 5.75. The molecule has 0 aromatic heterocycles. The number of carbonyl (C=O) groups excluding carboxylic acids is 2. The maximum absolute atomic E-state index is 11.6. The molecule has 0 spiro atoms. The van der Waals surface area contributed by atoms with E-state index in [1.807, 2.05) is 13.8 Å². The van der Waals surface area contributed by atoms with Crippen LogP contribution in [0.2, 0.25) is 0 Å². The zero-order valence-electron chi connectivity index (χ0n) is 10.7. The highest BCUT2D eigenvalue weighted by molar-refractivity contribution is 5.85. The van der Waals surface area contributed by atoms with Gasteiger partial charge in [0.2, 0.25) is 11.8 Å². The normalized spacial score (nSPS) is 12.0. The molecule has 0 heterocycles. The average molecular weight is 229 g/mol. The predicted octanol–water partition coefficient (Wildman–Crippen LogP) is -0.0310. The first kappa shape index (κ1) is 14.9. The van der Waals surface area contributed by atoms with Gasteiger partial charge < -0.3 is 15.5 Å². The van der Waals surface area contributed by atoms with E-state index >= 15 is 0 Å². The Bertz CT molecular complexity index is 231. The fraction of sp³-hybridized carbons (Fsp3) is 0.818. The number of likely N-dealkylation sites (N-methyl/N-ethyl adjacent to an activating group) is 2. The van der Waals surface area contributed by atoms with Crippen LogP contribution in [0, 0.1) is 0 Å². The van der Waals surface area contributed by atoms with Crippen LogP contribution in [0.4, 0.5) is 0 Å². The Morgan fingerprint density at radius 3 is 2.44 bits per heavy atom. The number of carbonyl (C=O) groups is 2. The van der Waals surface area contributed by atoms with E-state index in [0.29, 0.717) is 12.6 Å². The number of hydrogen-bond donors (Lipinski definition) is 2. The van der Waals surface area contributed by atoms with Crippen molar-refractivity contribution in [1.29, 1.82) is 0 Å². The lowest BCUT2D eigenvalue weighted by molar-refractivity contribution is -0.134. The molecule has 16 heavy (non-hydrogen) atoms. The van der Waals surface area contributed by atoms with Gasteiger partial charge in [-0.15, -0.1) is 0 Å². The molecule has 0 radical (unpaired) electrons. The van der Waals surface area contributed by atoms with Gasteiger partial charge in [-0.25, -0.2) is 0 Å². The van der Waals surface area contributed by atoms with Crippen LogP contribution in [-0.2, 0) is 9.59 Å². The molecule has 94 valence electrons. The van der Waals surface area contributed by atoms with Gasteiger partial charge in [-0.05, 0) is 20.3 Å². The first-order valence-electron chi connectivity index (χ1n) is 5.75. The zero-order valence-corrected chi connectivity index (χ0v) is 10.7. The summed E-state index contributed by atoms with van der Waals surface area (Å²) < 4.78 is 0. The molecule has 0 bridgehead atoms.